The molecule has 0 amide bonds. The Balaban J connectivity index is 1.45. The zero-order valence-corrected chi connectivity index (χ0v) is 26.1. The molecule has 2 aromatic heterocycles. The molecule has 0 N–H and O–H groups in total. The first-order valence-electron chi connectivity index (χ1n) is 14.7. The van der Waals surface area contributed by atoms with E-state index in [-0.39, 0.29) is 0 Å². The monoisotopic (exact) mass is 624 g/mol. The van der Waals surface area contributed by atoms with Crippen molar-refractivity contribution in [3.8, 4) is 28.2 Å². The van der Waals surface area contributed by atoms with Gasteiger partial charge in [0.25, 0.3) is 0 Å². The van der Waals surface area contributed by atoms with Gasteiger partial charge in [0.15, 0.2) is 0 Å². The van der Waals surface area contributed by atoms with Crippen molar-refractivity contribution >= 4 is 61.1 Å². The van der Waals surface area contributed by atoms with E-state index in [1.165, 1.54) is 16.2 Å². The predicted octanol–water partition coefficient (Wildman–Crippen LogP) is 9.17. The van der Waals surface area contributed by atoms with Gasteiger partial charge in [-0.05, 0) is 85.4 Å². The fourth-order valence-corrected chi connectivity index (χ4v) is 6.76. The van der Waals surface area contributed by atoms with Crippen molar-refractivity contribution in [2.45, 2.75) is 38.9 Å². The number of pyridine rings is 1. The zero-order chi connectivity index (χ0) is 29.5. The predicted molar refractivity (Wildman–Crippen MR) is 182 cm³/mol. The average molecular weight is 625 g/mol. The molecule has 0 unspecified atom stereocenters. The van der Waals surface area contributed by atoms with E-state index in [1.807, 2.05) is 6.07 Å². The van der Waals surface area contributed by atoms with Gasteiger partial charge in [-0.15, -0.1) is 0 Å². The topological polar surface area (TPSA) is 36.3 Å². The van der Waals surface area contributed by atoms with E-state index in [0.29, 0.717) is 0 Å². The zero-order valence-electron chi connectivity index (χ0n) is 24.6. The molecule has 43 heavy (non-hydrogen) atoms. The lowest BCUT2D eigenvalue weighted by Gasteiger charge is -2.32. The van der Waals surface area contributed by atoms with Gasteiger partial charge in [0.05, 0.1) is 27.9 Å². The fraction of sp³-hybridized carbons (Fsp3) is 0.162. The van der Waals surface area contributed by atoms with E-state index < -0.39 is 18.3 Å². The molecule has 0 bridgehead atoms. The van der Waals surface area contributed by atoms with E-state index in [0.717, 1.165) is 54.6 Å². The Hall–Kier alpha value is -3.97. The molecule has 1 fully saturated rings. The maximum Gasteiger partial charge on any atom is 0.494 e. The third-order valence-electron chi connectivity index (χ3n) is 9.20. The fourth-order valence-electron chi connectivity index (χ4n) is 6.30. The lowest BCUT2D eigenvalue weighted by atomic mass is 9.78. The van der Waals surface area contributed by atoms with Gasteiger partial charge in [-0.25, -0.2) is 4.98 Å². The molecule has 4 nitrogen and oxygen atoms in total. The normalized spacial score (nSPS) is 16.2. The second-order valence-corrected chi connectivity index (χ2v) is 13.4. The molecular formula is C37H30BBrN2O2. The Bertz CT molecular complexity index is 2080. The lowest BCUT2D eigenvalue weighted by Crippen LogP contribution is -2.41. The molecule has 1 saturated heterocycles. The summed E-state index contributed by atoms with van der Waals surface area (Å²) in [4.78, 5) is 5.32. The third kappa shape index (κ3) is 4.23. The number of hydrogen-bond donors (Lipinski definition) is 0. The molecule has 0 atom stereocenters. The number of benzene rings is 5. The highest BCUT2D eigenvalue weighted by Crippen LogP contribution is 2.42. The van der Waals surface area contributed by atoms with Gasteiger partial charge < -0.3 is 9.31 Å². The van der Waals surface area contributed by atoms with Gasteiger partial charge in [-0.2, -0.15) is 0 Å². The van der Waals surface area contributed by atoms with Crippen molar-refractivity contribution in [1.29, 1.82) is 0 Å². The van der Waals surface area contributed by atoms with Crippen molar-refractivity contribution in [2.75, 3.05) is 0 Å². The summed E-state index contributed by atoms with van der Waals surface area (Å²) in [7, 11) is -0.470. The van der Waals surface area contributed by atoms with Crippen LogP contribution in [0.2, 0.25) is 0 Å². The van der Waals surface area contributed by atoms with Crippen LogP contribution in [0.5, 0.6) is 0 Å². The summed E-state index contributed by atoms with van der Waals surface area (Å²) in [5.74, 6) is 0.864. The van der Waals surface area contributed by atoms with Crippen molar-refractivity contribution in [3.05, 3.63) is 114 Å². The molecule has 0 spiro atoms. The first kappa shape index (κ1) is 26.6. The highest BCUT2D eigenvalue weighted by molar-refractivity contribution is 9.10. The first-order chi connectivity index (χ1) is 20.7. The summed E-state index contributed by atoms with van der Waals surface area (Å²) in [6, 6.07) is 38.6. The van der Waals surface area contributed by atoms with Crippen LogP contribution in [0.3, 0.4) is 0 Å². The molecule has 0 aliphatic carbocycles. The molecule has 0 saturated carbocycles. The second kappa shape index (κ2) is 9.52. The molecule has 1 aliphatic rings. The molecule has 5 aromatic carbocycles. The van der Waals surface area contributed by atoms with Gasteiger partial charge in [0, 0.05) is 20.8 Å². The van der Waals surface area contributed by atoms with Gasteiger partial charge >= 0.3 is 7.12 Å². The molecule has 8 rings (SSSR count). The second-order valence-electron chi connectivity index (χ2n) is 12.5. The number of halogens is 1. The summed E-state index contributed by atoms with van der Waals surface area (Å²) in [5.41, 5.74) is 6.60. The van der Waals surface area contributed by atoms with Crippen LogP contribution in [0, 0.1) is 0 Å². The van der Waals surface area contributed by atoms with Crippen molar-refractivity contribution in [2.24, 2.45) is 0 Å². The number of rotatable bonds is 4. The van der Waals surface area contributed by atoms with Gasteiger partial charge in [-0.3, -0.25) is 4.57 Å². The smallest absolute Gasteiger partial charge is 0.399 e. The van der Waals surface area contributed by atoms with E-state index >= 15 is 0 Å². The lowest BCUT2D eigenvalue weighted by molar-refractivity contribution is 0.00578. The summed E-state index contributed by atoms with van der Waals surface area (Å²) >= 11 is 3.80. The summed E-state index contributed by atoms with van der Waals surface area (Å²) in [6.07, 6.45) is 0. The van der Waals surface area contributed by atoms with Crippen molar-refractivity contribution < 1.29 is 9.31 Å². The molecular weight excluding hydrogens is 595 g/mol. The molecule has 3 heterocycles. The van der Waals surface area contributed by atoms with E-state index in [1.54, 1.807) is 0 Å². The van der Waals surface area contributed by atoms with E-state index in [9.17, 15) is 0 Å². The highest BCUT2D eigenvalue weighted by atomic mass is 79.9. The number of nitrogens with zero attached hydrogens (tertiary/aromatic N) is 2. The largest absolute Gasteiger partial charge is 0.494 e. The Labute approximate surface area is 259 Å². The number of hydrogen-bond acceptors (Lipinski definition) is 3. The van der Waals surface area contributed by atoms with E-state index in [2.05, 4.69) is 151 Å². The van der Waals surface area contributed by atoms with Crippen molar-refractivity contribution in [1.82, 2.24) is 9.55 Å². The Kier molecular flexibility index (Phi) is 5.90. The molecule has 7 aromatic rings. The summed E-state index contributed by atoms with van der Waals surface area (Å²) in [6.45, 7) is 8.39. The average Bonchev–Trinajstić information content (AvgIpc) is 3.45. The van der Waals surface area contributed by atoms with Crippen molar-refractivity contribution in [3.63, 3.8) is 0 Å². The quantitative estimate of drug-likeness (QED) is 0.145. The Morgan fingerprint density at radius 2 is 1.21 bits per heavy atom. The van der Waals surface area contributed by atoms with Crippen LogP contribution in [0.1, 0.15) is 27.7 Å². The van der Waals surface area contributed by atoms with Crippen LogP contribution in [0.15, 0.2) is 114 Å². The van der Waals surface area contributed by atoms with Crippen LogP contribution in [0.4, 0.5) is 0 Å². The minimum Gasteiger partial charge on any atom is -0.399 e. The van der Waals surface area contributed by atoms with Gasteiger partial charge in [0.1, 0.15) is 5.82 Å². The minimum absolute atomic E-state index is 0.430. The summed E-state index contributed by atoms with van der Waals surface area (Å²) in [5, 5.41) is 4.78. The van der Waals surface area contributed by atoms with Crippen LogP contribution >= 0.6 is 15.9 Å². The third-order valence-corrected chi connectivity index (χ3v) is 9.66. The molecule has 0 radical (unpaired) electrons. The molecule has 6 heteroatoms. The molecule has 210 valence electrons. The van der Waals surface area contributed by atoms with Crippen LogP contribution in [-0.4, -0.2) is 27.9 Å². The van der Waals surface area contributed by atoms with Gasteiger partial charge in [0.2, 0.25) is 0 Å². The highest BCUT2D eigenvalue weighted by Gasteiger charge is 2.51. The van der Waals surface area contributed by atoms with Crippen LogP contribution in [-0.2, 0) is 9.31 Å². The van der Waals surface area contributed by atoms with Gasteiger partial charge in [-0.1, -0.05) is 94.8 Å². The number of aromatic nitrogens is 2. The maximum atomic E-state index is 6.53. The summed E-state index contributed by atoms with van der Waals surface area (Å²) < 4.78 is 16.4. The van der Waals surface area contributed by atoms with Crippen LogP contribution in [0.25, 0.3) is 60.8 Å². The Morgan fingerprint density at radius 3 is 1.86 bits per heavy atom. The van der Waals surface area contributed by atoms with E-state index in [4.69, 9.17) is 14.3 Å². The Morgan fingerprint density at radius 1 is 0.628 bits per heavy atom. The maximum absolute atomic E-state index is 6.53. The first-order valence-corrected chi connectivity index (χ1v) is 15.5. The standard InChI is InChI=1S/C37H30BBrN2O2/c1-36(2)37(3,4)43-38(42-36)28-17-25-15-16-26-18-29(39)22-32-35(26)34(25)31(21-28)41(32)33-20-27(23-11-7-5-8-12-23)19-30(40-33)24-13-9-6-10-14-24/h5-22H,1-4H3. The molecule has 1 aliphatic heterocycles. The van der Waals surface area contributed by atoms with Crippen LogP contribution < -0.4 is 5.46 Å². The minimum atomic E-state index is -0.470. The SMILES string of the molecule is CC1(C)OB(c2cc3ccc4cc(Br)cc5c4c3c(c2)n5-c2cc(-c3ccccc3)cc(-c3ccccc3)n2)OC1(C)C.